The van der Waals surface area contributed by atoms with Gasteiger partial charge in [-0.05, 0) is 41.5 Å². The zero-order valence-electron chi connectivity index (χ0n) is 16.6. The van der Waals surface area contributed by atoms with Crippen LogP contribution in [0.4, 0.5) is 39.5 Å². The number of hydrogen-bond acceptors (Lipinski definition) is 4. The first kappa shape index (κ1) is 28.5. The van der Waals surface area contributed by atoms with Crippen molar-refractivity contribution in [2.24, 2.45) is 16.2 Å². The quantitative estimate of drug-likeness (QED) is 0.230. The molecule has 176 valence electrons. The highest BCUT2D eigenvalue weighted by Crippen LogP contribution is 2.65. The molecule has 0 amide bonds. The summed E-state index contributed by atoms with van der Waals surface area (Å²) in [7, 11) is -6.66. The predicted molar refractivity (Wildman–Crippen MR) is 85.0 cm³/mol. The summed E-state index contributed by atoms with van der Waals surface area (Å²) >= 11 is 0. The molecule has 0 aromatic rings. The van der Waals surface area contributed by atoms with E-state index in [2.05, 4.69) is 13.6 Å². The van der Waals surface area contributed by atoms with Crippen molar-refractivity contribution in [2.75, 3.05) is 20.0 Å². The minimum atomic E-state index is -6.66. The summed E-state index contributed by atoms with van der Waals surface area (Å²) in [5, 5.41) is 0. The van der Waals surface area contributed by atoms with Gasteiger partial charge in [0.05, 0.1) is 16.2 Å². The molecule has 0 spiro atoms. The zero-order chi connectivity index (χ0) is 23.7. The molecule has 0 N–H and O–H groups in total. The maximum absolute atomic E-state index is 14.2. The summed E-state index contributed by atoms with van der Waals surface area (Å²) < 4.78 is 147. The highest BCUT2D eigenvalue weighted by atomic mass is 31.2. The number of halogens is 9. The molecule has 0 aromatic heterocycles. The Balaban J connectivity index is 6.31. The summed E-state index contributed by atoms with van der Waals surface area (Å²) in [5.74, 6) is 0. The SMILES string of the molecule is CC(C)(CF)C(F)(F)OP(=O)(OC(F)(F)C(C)(C)CF)OC(F)(F)C(C)(C)CF. The molecule has 0 aliphatic heterocycles. The van der Waals surface area contributed by atoms with Gasteiger partial charge in [0.15, 0.2) is 0 Å². The number of hydrogen-bond donors (Lipinski definition) is 0. The van der Waals surface area contributed by atoms with E-state index in [9.17, 15) is 44.1 Å². The highest BCUT2D eigenvalue weighted by Gasteiger charge is 2.63. The van der Waals surface area contributed by atoms with Crippen LogP contribution in [0, 0.1) is 16.2 Å². The van der Waals surface area contributed by atoms with Crippen molar-refractivity contribution in [3.05, 3.63) is 0 Å². The molecule has 0 unspecified atom stereocenters. The Bertz CT molecular complexity index is 528. The molecule has 4 nitrogen and oxygen atoms in total. The van der Waals surface area contributed by atoms with Crippen molar-refractivity contribution in [1.29, 1.82) is 0 Å². The Morgan fingerprint density at radius 1 is 0.552 bits per heavy atom. The molecule has 0 saturated heterocycles. The number of phosphoric ester groups is 1. The van der Waals surface area contributed by atoms with Crippen molar-refractivity contribution in [3.8, 4) is 0 Å². The van der Waals surface area contributed by atoms with E-state index in [0.717, 1.165) is 0 Å². The van der Waals surface area contributed by atoms with Gasteiger partial charge >= 0.3 is 26.1 Å². The van der Waals surface area contributed by atoms with Gasteiger partial charge in [-0.1, -0.05) is 0 Å². The van der Waals surface area contributed by atoms with Crippen LogP contribution in [0.3, 0.4) is 0 Å². The monoisotopic (exact) mass is 470 g/mol. The third-order valence-electron chi connectivity index (χ3n) is 4.05. The molecule has 0 heterocycles. The van der Waals surface area contributed by atoms with Crippen LogP contribution in [0.1, 0.15) is 41.5 Å². The second-order valence-electron chi connectivity index (χ2n) is 8.32. The van der Waals surface area contributed by atoms with Gasteiger partial charge < -0.3 is 0 Å². The van der Waals surface area contributed by atoms with Crippen LogP contribution in [-0.4, -0.2) is 38.3 Å². The molecule has 0 radical (unpaired) electrons. The van der Waals surface area contributed by atoms with Crippen LogP contribution in [-0.2, 0) is 18.1 Å². The Morgan fingerprint density at radius 3 is 0.862 bits per heavy atom. The third-order valence-corrected chi connectivity index (χ3v) is 5.40. The van der Waals surface area contributed by atoms with Crippen LogP contribution in [0.5, 0.6) is 0 Å². The molecule has 0 aromatic carbocycles. The minimum absolute atomic E-state index is 0.505. The van der Waals surface area contributed by atoms with Gasteiger partial charge in [-0.25, -0.2) is 18.1 Å². The molecular weight excluding hydrogens is 446 g/mol. The fourth-order valence-corrected chi connectivity index (χ4v) is 2.78. The minimum Gasteiger partial charge on any atom is -0.250 e. The summed E-state index contributed by atoms with van der Waals surface area (Å²) in [6, 6.07) is 0. The molecule has 0 aliphatic carbocycles. The first-order valence-corrected chi connectivity index (χ1v) is 9.55. The Morgan fingerprint density at radius 2 is 0.724 bits per heavy atom. The number of rotatable bonds is 12. The third kappa shape index (κ3) is 6.24. The fraction of sp³-hybridized carbons (Fsp3) is 1.00. The van der Waals surface area contributed by atoms with E-state index >= 15 is 0 Å². The van der Waals surface area contributed by atoms with E-state index in [1.165, 1.54) is 0 Å². The lowest BCUT2D eigenvalue weighted by atomic mass is 9.94. The largest absolute Gasteiger partial charge is 0.489 e. The van der Waals surface area contributed by atoms with Crippen LogP contribution in [0.2, 0.25) is 0 Å². The van der Waals surface area contributed by atoms with E-state index < -0.39 is 62.4 Å². The Hall–Kier alpha value is -0.520. The molecule has 29 heavy (non-hydrogen) atoms. The molecule has 14 heteroatoms. The van der Waals surface area contributed by atoms with E-state index in [4.69, 9.17) is 0 Å². The van der Waals surface area contributed by atoms with Gasteiger partial charge in [0.1, 0.15) is 20.0 Å². The zero-order valence-corrected chi connectivity index (χ0v) is 17.5. The maximum atomic E-state index is 14.2. The number of alkyl halides is 9. The van der Waals surface area contributed by atoms with Crippen molar-refractivity contribution >= 4 is 7.82 Å². The van der Waals surface area contributed by atoms with Gasteiger partial charge in [-0.15, -0.1) is 0 Å². The molecule has 0 atom stereocenters. The second kappa shape index (κ2) is 8.55. The molecule has 0 bridgehead atoms. The summed E-state index contributed by atoms with van der Waals surface area (Å²) in [4.78, 5) is 0. The standard InChI is InChI=1S/C15H24F9O4P/c1-10(2,7-16)13(19,20)26-29(25,27-14(21,22)11(3,4)8-17)28-15(23,24)12(5,6)9-18/h7-9H2,1-6H3. The fourth-order valence-electron chi connectivity index (χ4n) is 1.08. The van der Waals surface area contributed by atoms with Gasteiger partial charge in [0, 0.05) is 0 Å². The predicted octanol–water partition coefficient (Wildman–Crippen LogP) is 6.91. The van der Waals surface area contributed by atoms with E-state index in [1.54, 1.807) is 0 Å². The summed E-state index contributed by atoms with van der Waals surface area (Å²) in [6.45, 7) is -2.56. The van der Waals surface area contributed by atoms with Gasteiger partial charge in [0.25, 0.3) is 0 Å². The lowest BCUT2D eigenvalue weighted by Gasteiger charge is -2.39. The van der Waals surface area contributed by atoms with Crippen molar-refractivity contribution < 1.29 is 57.7 Å². The molecule has 0 saturated carbocycles. The van der Waals surface area contributed by atoms with Crippen LogP contribution >= 0.6 is 7.82 Å². The molecule has 0 aliphatic rings. The highest BCUT2D eigenvalue weighted by molar-refractivity contribution is 7.48. The Labute approximate surface area is 162 Å². The average Bonchev–Trinajstić information content (AvgIpc) is 2.51. The first-order chi connectivity index (χ1) is 12.6. The van der Waals surface area contributed by atoms with Crippen molar-refractivity contribution in [2.45, 2.75) is 59.9 Å². The van der Waals surface area contributed by atoms with Crippen LogP contribution in [0.25, 0.3) is 0 Å². The average molecular weight is 470 g/mol. The topological polar surface area (TPSA) is 44.8 Å². The van der Waals surface area contributed by atoms with E-state index in [-0.39, 0.29) is 0 Å². The number of phosphoric acid groups is 1. The van der Waals surface area contributed by atoms with E-state index in [0.29, 0.717) is 41.5 Å². The lowest BCUT2D eigenvalue weighted by molar-refractivity contribution is -0.319. The van der Waals surface area contributed by atoms with Crippen molar-refractivity contribution in [1.82, 2.24) is 0 Å². The molecular formula is C15H24F9O4P. The normalized spacial score (nSPS) is 15.7. The molecule has 0 fully saturated rings. The van der Waals surface area contributed by atoms with Crippen LogP contribution in [0.15, 0.2) is 0 Å². The smallest absolute Gasteiger partial charge is 0.250 e. The summed E-state index contributed by atoms with van der Waals surface area (Å²) in [6.07, 6.45) is -14.8. The van der Waals surface area contributed by atoms with Gasteiger partial charge in [-0.3, -0.25) is 13.2 Å². The first-order valence-electron chi connectivity index (χ1n) is 8.09. The van der Waals surface area contributed by atoms with Gasteiger partial charge in [-0.2, -0.15) is 26.3 Å². The maximum Gasteiger partial charge on any atom is 0.489 e. The Kier molecular flexibility index (Phi) is 8.39. The lowest BCUT2D eigenvalue weighted by Crippen LogP contribution is -2.46. The summed E-state index contributed by atoms with van der Waals surface area (Å²) in [5.41, 5.74) is -8.53. The van der Waals surface area contributed by atoms with E-state index in [1.807, 2.05) is 0 Å². The molecule has 0 rings (SSSR count). The van der Waals surface area contributed by atoms with Crippen molar-refractivity contribution in [3.63, 3.8) is 0 Å². The second-order valence-corrected chi connectivity index (χ2v) is 9.77. The van der Waals surface area contributed by atoms with Gasteiger partial charge in [0.2, 0.25) is 0 Å². The van der Waals surface area contributed by atoms with Crippen LogP contribution < -0.4 is 0 Å².